The van der Waals surface area contributed by atoms with Crippen LogP contribution in [0.5, 0.6) is 0 Å². The summed E-state index contributed by atoms with van der Waals surface area (Å²) in [5.74, 6) is 0. The second-order valence-corrected chi connectivity index (χ2v) is 18.3. The van der Waals surface area contributed by atoms with E-state index in [9.17, 15) is 0 Å². The molecule has 2 aliphatic rings. The van der Waals surface area contributed by atoms with Crippen LogP contribution in [-0.2, 0) is 34.1 Å². The number of allylic oxidation sites excluding steroid dienone is 2. The molecular formula is C41H38Zr. The van der Waals surface area contributed by atoms with Crippen molar-refractivity contribution >= 4 is 8.78 Å². The van der Waals surface area contributed by atoms with Crippen molar-refractivity contribution in [3.63, 3.8) is 0 Å². The van der Waals surface area contributed by atoms with Crippen molar-refractivity contribution in [3.8, 4) is 11.1 Å². The van der Waals surface area contributed by atoms with Crippen LogP contribution < -0.4 is 0 Å². The fourth-order valence-electron chi connectivity index (χ4n) is 7.49. The average molecular weight is 622 g/mol. The van der Waals surface area contributed by atoms with Crippen molar-refractivity contribution in [2.75, 3.05) is 0 Å². The third kappa shape index (κ3) is 4.58. The van der Waals surface area contributed by atoms with Gasteiger partial charge in [0.2, 0.25) is 0 Å². The topological polar surface area (TPSA) is 0 Å². The van der Waals surface area contributed by atoms with E-state index in [1.54, 1.807) is 19.9 Å². The molecule has 1 atom stereocenters. The first-order valence-electron chi connectivity index (χ1n) is 15.5. The van der Waals surface area contributed by atoms with E-state index in [0.29, 0.717) is 7.25 Å². The quantitative estimate of drug-likeness (QED) is 0.177. The molecule has 7 rings (SSSR count). The van der Waals surface area contributed by atoms with Crippen LogP contribution >= 0.6 is 0 Å². The molecule has 206 valence electrons. The summed E-state index contributed by atoms with van der Waals surface area (Å²) in [5.41, 5.74) is 17.7. The summed E-state index contributed by atoms with van der Waals surface area (Å²) in [6, 6.07) is 44.5. The van der Waals surface area contributed by atoms with Gasteiger partial charge in [0.15, 0.2) is 0 Å². The number of rotatable bonds is 6. The maximum absolute atomic E-state index is 2.78. The molecule has 0 bridgehead atoms. The van der Waals surface area contributed by atoms with Crippen LogP contribution in [-0.4, -0.2) is 3.21 Å². The van der Waals surface area contributed by atoms with E-state index in [1.807, 2.05) is 0 Å². The van der Waals surface area contributed by atoms with Crippen LogP contribution in [0.3, 0.4) is 0 Å². The van der Waals surface area contributed by atoms with Gasteiger partial charge < -0.3 is 0 Å². The number of hydrogen-bond donors (Lipinski definition) is 0. The molecule has 0 aromatic heterocycles. The predicted molar refractivity (Wildman–Crippen MR) is 176 cm³/mol. The summed E-state index contributed by atoms with van der Waals surface area (Å²) >= 11 is -2.78. The van der Waals surface area contributed by atoms with Crippen molar-refractivity contribution in [2.24, 2.45) is 0 Å². The van der Waals surface area contributed by atoms with Gasteiger partial charge in [0.1, 0.15) is 0 Å². The number of fused-ring (bicyclic) bond motifs is 4. The molecule has 1 heteroatoms. The van der Waals surface area contributed by atoms with Gasteiger partial charge >= 0.3 is 260 Å². The molecule has 0 amide bonds. The second kappa shape index (κ2) is 11.4. The van der Waals surface area contributed by atoms with Crippen molar-refractivity contribution in [3.05, 3.63) is 171 Å². The zero-order chi connectivity index (χ0) is 28.8. The Morgan fingerprint density at radius 3 is 1.67 bits per heavy atom. The first kappa shape index (κ1) is 27.4. The van der Waals surface area contributed by atoms with Crippen LogP contribution in [0, 0.1) is 6.92 Å². The molecule has 0 saturated heterocycles. The summed E-state index contributed by atoms with van der Waals surface area (Å²) in [6.45, 7) is 9.22. The molecule has 0 saturated carbocycles. The third-order valence-electron chi connectivity index (χ3n) is 9.47. The Hall–Kier alpha value is -3.41. The van der Waals surface area contributed by atoms with Crippen molar-refractivity contribution in [1.29, 1.82) is 0 Å². The van der Waals surface area contributed by atoms with Crippen molar-refractivity contribution in [2.45, 2.75) is 47.8 Å². The molecule has 0 N–H and O–H groups in total. The molecule has 2 aliphatic carbocycles. The minimum absolute atomic E-state index is 0.436. The summed E-state index contributed by atoms with van der Waals surface area (Å²) in [5, 5.41) is 0. The molecule has 0 fully saturated rings. The Labute approximate surface area is 258 Å². The van der Waals surface area contributed by atoms with Crippen LogP contribution in [0.15, 0.2) is 121 Å². The fourth-order valence-corrected chi connectivity index (χ4v) is 17.6. The summed E-state index contributed by atoms with van der Waals surface area (Å²) in [4.78, 5) is 0. The Balaban J connectivity index is 1.63. The van der Waals surface area contributed by atoms with E-state index in [4.69, 9.17) is 0 Å². The van der Waals surface area contributed by atoms with E-state index in [-0.39, 0.29) is 0 Å². The van der Waals surface area contributed by atoms with Gasteiger partial charge in [-0.25, -0.2) is 0 Å². The van der Waals surface area contributed by atoms with E-state index < -0.39 is 21.3 Å². The van der Waals surface area contributed by atoms with Crippen LogP contribution in [0.2, 0.25) is 0 Å². The van der Waals surface area contributed by atoms with Crippen molar-refractivity contribution in [1.82, 2.24) is 0 Å². The normalized spacial score (nSPS) is 15.1. The molecule has 0 radical (unpaired) electrons. The van der Waals surface area contributed by atoms with Crippen molar-refractivity contribution < 1.29 is 21.3 Å². The molecule has 1 unspecified atom stereocenters. The summed E-state index contributed by atoms with van der Waals surface area (Å²) < 4.78 is 2.53. The predicted octanol–water partition coefficient (Wildman–Crippen LogP) is 10.2. The Bertz CT molecular complexity index is 1760. The molecule has 5 aromatic carbocycles. The molecule has 0 nitrogen and oxygen atoms in total. The first-order valence-corrected chi connectivity index (χ1v) is 19.5. The molecule has 42 heavy (non-hydrogen) atoms. The van der Waals surface area contributed by atoms with Gasteiger partial charge in [-0.05, 0) is 0 Å². The zero-order valence-corrected chi connectivity index (χ0v) is 27.6. The first-order chi connectivity index (χ1) is 20.6. The standard InChI is InChI=1S/C17H17.C13H10.C11H11.Zr/c1-3-12-5-7-16-14(9-12)11-15-10-13(4-2)6-8-17(15)16;1-3-7-12(8-4-1)11-13-9-5-2-6-10-13;1-8-4-3-5-10-7-6-9(2)11(8)10;/h5-11H,3-4H2,1-2H3;1-10H;3-7H,1-2H3;. The van der Waals surface area contributed by atoms with Gasteiger partial charge in [-0.2, -0.15) is 0 Å². The number of benzene rings is 5. The van der Waals surface area contributed by atoms with Gasteiger partial charge in [-0.3, -0.25) is 0 Å². The van der Waals surface area contributed by atoms with E-state index >= 15 is 0 Å². The molecular weight excluding hydrogens is 584 g/mol. The van der Waals surface area contributed by atoms with Gasteiger partial charge in [-0.1, -0.05) is 0 Å². The molecule has 0 heterocycles. The summed E-state index contributed by atoms with van der Waals surface area (Å²) in [7, 11) is 0. The summed E-state index contributed by atoms with van der Waals surface area (Å²) in [6.07, 6.45) is 4.80. The Morgan fingerprint density at radius 2 is 1.14 bits per heavy atom. The third-order valence-corrected chi connectivity index (χ3v) is 18.2. The zero-order valence-electron chi connectivity index (χ0n) is 25.1. The van der Waals surface area contributed by atoms with E-state index in [1.165, 1.54) is 50.1 Å². The number of hydrogen-bond acceptors (Lipinski definition) is 0. The van der Waals surface area contributed by atoms with Crippen LogP contribution in [0.4, 0.5) is 0 Å². The molecule has 0 spiro atoms. The van der Waals surface area contributed by atoms with Gasteiger partial charge in [0.25, 0.3) is 0 Å². The maximum atomic E-state index is 2.67. The van der Waals surface area contributed by atoms with E-state index in [2.05, 4.69) is 149 Å². The average Bonchev–Trinajstić information content (AvgIpc) is 3.54. The second-order valence-electron chi connectivity index (χ2n) is 11.9. The van der Waals surface area contributed by atoms with E-state index in [0.717, 1.165) is 12.8 Å². The fraction of sp³-hybridized carbons (Fsp3) is 0.195. The molecule has 0 aliphatic heterocycles. The van der Waals surface area contributed by atoms with Crippen LogP contribution in [0.25, 0.3) is 16.7 Å². The van der Waals surface area contributed by atoms with Gasteiger partial charge in [0, 0.05) is 0 Å². The monoisotopic (exact) mass is 620 g/mol. The number of aryl methyl sites for hydroxylation is 3. The Morgan fingerprint density at radius 1 is 0.595 bits per heavy atom. The minimum atomic E-state index is -2.78. The Kier molecular flexibility index (Phi) is 7.41. The van der Waals surface area contributed by atoms with Crippen LogP contribution in [0.1, 0.15) is 78.1 Å². The molecule has 5 aromatic rings. The van der Waals surface area contributed by atoms with Gasteiger partial charge in [-0.15, -0.1) is 0 Å². The SMILES string of the molecule is CCc1ccc2c(c1)[CH]([Zr](=[C](c1ccccc1)c1ccccc1)[CH]1C=C(C)c3c(C)cccc31)c1cc(CC)ccc1-2. The van der Waals surface area contributed by atoms with Gasteiger partial charge in [0.05, 0.1) is 0 Å².